The number of alkyl halides is 3. The molecule has 8 nitrogen and oxygen atoms in total. The number of esters is 1. The molecule has 0 N–H and O–H groups in total. The summed E-state index contributed by atoms with van der Waals surface area (Å²) >= 11 is 0. The molecule has 0 bridgehead atoms. The van der Waals surface area contributed by atoms with Crippen molar-refractivity contribution in [3.8, 4) is 11.4 Å². The van der Waals surface area contributed by atoms with E-state index in [4.69, 9.17) is 4.74 Å². The van der Waals surface area contributed by atoms with Crippen molar-refractivity contribution in [1.82, 2.24) is 24.1 Å². The van der Waals surface area contributed by atoms with E-state index in [9.17, 15) is 22.8 Å². The number of rotatable bonds is 4. The van der Waals surface area contributed by atoms with Gasteiger partial charge in [0, 0.05) is 12.4 Å². The molecule has 11 heteroatoms. The van der Waals surface area contributed by atoms with Crippen LogP contribution in [0.5, 0.6) is 0 Å². The van der Waals surface area contributed by atoms with Gasteiger partial charge in [-0.15, -0.1) is 0 Å². The third-order valence-corrected chi connectivity index (χ3v) is 5.38. The Balaban J connectivity index is 0.00000167. The molecule has 0 spiro atoms. The van der Waals surface area contributed by atoms with E-state index in [1.54, 1.807) is 38.2 Å². The minimum Gasteiger partial charge on any atom is -0.465 e. The third-order valence-electron chi connectivity index (χ3n) is 5.38. The fourth-order valence-electron chi connectivity index (χ4n) is 3.89. The predicted molar refractivity (Wildman–Crippen MR) is 125 cm³/mol. The van der Waals surface area contributed by atoms with Gasteiger partial charge in [0.1, 0.15) is 5.82 Å². The number of nitrogens with zero attached hydrogens (tertiary/aromatic N) is 5. The second-order valence-corrected chi connectivity index (χ2v) is 7.42. The third kappa shape index (κ3) is 4.58. The van der Waals surface area contributed by atoms with Crippen LogP contribution in [0.3, 0.4) is 0 Å². The van der Waals surface area contributed by atoms with Crippen LogP contribution >= 0.6 is 0 Å². The fraction of sp³-hybridized carbons (Fsp3) is 0.333. The molecule has 35 heavy (non-hydrogen) atoms. The molecule has 4 aromatic rings. The summed E-state index contributed by atoms with van der Waals surface area (Å²) in [6.45, 7) is 7.52. The molecule has 4 rings (SSSR count). The van der Waals surface area contributed by atoms with Crippen LogP contribution in [0.2, 0.25) is 0 Å². The zero-order chi connectivity index (χ0) is 26.1. The highest BCUT2D eigenvalue weighted by Crippen LogP contribution is 2.35. The largest absolute Gasteiger partial charge is 0.465 e. The van der Waals surface area contributed by atoms with Gasteiger partial charge in [0.25, 0.3) is 0 Å². The Morgan fingerprint density at radius 3 is 2.14 bits per heavy atom. The van der Waals surface area contributed by atoms with Crippen molar-refractivity contribution in [1.29, 1.82) is 0 Å². The molecule has 0 aliphatic carbocycles. The molecular weight excluding hydrogens is 463 g/mol. The van der Waals surface area contributed by atoms with Crippen LogP contribution in [-0.4, -0.2) is 37.2 Å². The predicted octanol–water partition coefficient (Wildman–Crippen LogP) is 4.61. The van der Waals surface area contributed by atoms with Gasteiger partial charge in [0.15, 0.2) is 0 Å². The van der Waals surface area contributed by atoms with Gasteiger partial charge >= 0.3 is 17.8 Å². The van der Waals surface area contributed by atoms with Gasteiger partial charge < -0.3 is 4.74 Å². The van der Waals surface area contributed by atoms with Crippen LogP contribution in [0.4, 0.5) is 13.2 Å². The topological polar surface area (TPSA) is 83.9 Å². The van der Waals surface area contributed by atoms with Crippen LogP contribution in [0, 0.1) is 6.92 Å². The van der Waals surface area contributed by atoms with Crippen LogP contribution < -0.4 is 5.69 Å². The average Bonchev–Trinajstić information content (AvgIpc) is 3.34. The van der Waals surface area contributed by atoms with E-state index in [1.807, 2.05) is 20.8 Å². The van der Waals surface area contributed by atoms with E-state index in [-0.39, 0.29) is 16.8 Å². The van der Waals surface area contributed by atoms with E-state index in [2.05, 4.69) is 10.2 Å². The molecule has 2 aromatic carbocycles. The normalized spacial score (nSPS) is 11.3. The first-order valence-corrected chi connectivity index (χ1v) is 11.0. The number of ether oxygens (including phenoxy) is 1. The van der Waals surface area contributed by atoms with E-state index in [1.165, 1.54) is 13.9 Å². The molecule has 0 saturated carbocycles. The van der Waals surface area contributed by atoms with E-state index in [0.29, 0.717) is 34.7 Å². The van der Waals surface area contributed by atoms with Gasteiger partial charge in [-0.3, -0.25) is 0 Å². The average molecular weight is 489 g/mol. The molecule has 186 valence electrons. The highest BCUT2D eigenvalue weighted by Gasteiger charge is 2.33. The maximum absolute atomic E-state index is 13.4. The quantitative estimate of drug-likeness (QED) is 0.391. The number of fused-ring (bicyclic) bond motifs is 1. The smallest absolute Gasteiger partial charge is 0.416 e. The summed E-state index contributed by atoms with van der Waals surface area (Å²) in [5, 5.41) is 8.78. The van der Waals surface area contributed by atoms with Gasteiger partial charge in [-0.1, -0.05) is 20.8 Å². The van der Waals surface area contributed by atoms with E-state index in [0.717, 1.165) is 19.2 Å². The Morgan fingerprint density at radius 2 is 1.66 bits per heavy atom. The number of carbonyl (C=O) groups is 1. The van der Waals surface area contributed by atoms with Gasteiger partial charge in [-0.05, 0) is 49.7 Å². The maximum atomic E-state index is 13.4. The van der Waals surface area contributed by atoms with Gasteiger partial charge in [0.2, 0.25) is 0 Å². The lowest BCUT2D eigenvalue weighted by Crippen LogP contribution is -2.21. The Labute approximate surface area is 199 Å². The summed E-state index contributed by atoms with van der Waals surface area (Å²) in [6.07, 6.45) is -4.25. The molecule has 0 aliphatic heterocycles. The Hall–Kier alpha value is -3.89. The zero-order valence-corrected chi connectivity index (χ0v) is 20.3. The highest BCUT2D eigenvalue weighted by molar-refractivity contribution is 6.05. The van der Waals surface area contributed by atoms with Crippen molar-refractivity contribution >= 4 is 16.9 Å². The van der Waals surface area contributed by atoms with Crippen LogP contribution in [0.15, 0.2) is 41.2 Å². The monoisotopic (exact) mass is 489 g/mol. The minimum absolute atomic E-state index is 0.0328. The van der Waals surface area contributed by atoms with Crippen LogP contribution in [0.1, 0.15) is 48.2 Å². The maximum Gasteiger partial charge on any atom is 0.416 e. The summed E-state index contributed by atoms with van der Waals surface area (Å²) in [4.78, 5) is 24.6. The van der Waals surface area contributed by atoms with Crippen molar-refractivity contribution in [2.24, 2.45) is 7.05 Å². The van der Waals surface area contributed by atoms with Crippen molar-refractivity contribution < 1.29 is 22.7 Å². The van der Waals surface area contributed by atoms with Gasteiger partial charge in [-0.25, -0.2) is 23.5 Å². The number of hydrogen-bond acceptors (Lipinski definition) is 5. The SMILES string of the molecule is CC.CCc1c2c(C(=O)OC)cc(C(F)(F)F)cc2nn1-c1ccc(-n2c(C)nn(C)c2=O)cc1. The van der Waals surface area contributed by atoms with Gasteiger partial charge in [-0.2, -0.15) is 23.4 Å². The van der Waals surface area contributed by atoms with Crippen molar-refractivity contribution in [3.05, 3.63) is 69.5 Å². The molecule has 0 radical (unpaired) electrons. The Morgan fingerprint density at radius 1 is 1.06 bits per heavy atom. The van der Waals surface area contributed by atoms with E-state index < -0.39 is 17.7 Å². The summed E-state index contributed by atoms with van der Waals surface area (Å²) in [5.74, 6) is -0.362. The lowest BCUT2D eigenvalue weighted by atomic mass is 10.0. The molecule has 0 aliphatic rings. The number of hydrogen-bond donors (Lipinski definition) is 0. The first-order chi connectivity index (χ1) is 16.6. The Kier molecular flexibility index (Phi) is 7.18. The number of aromatic nitrogens is 5. The number of carbonyl (C=O) groups excluding carboxylic acids is 1. The van der Waals surface area contributed by atoms with Crippen molar-refractivity contribution in [3.63, 3.8) is 0 Å². The second kappa shape index (κ2) is 9.77. The lowest BCUT2D eigenvalue weighted by Gasteiger charge is -2.10. The van der Waals surface area contributed by atoms with Crippen LogP contribution in [0.25, 0.3) is 22.3 Å². The number of methoxy groups -OCH3 is 1. The fourth-order valence-corrected chi connectivity index (χ4v) is 3.89. The standard InChI is InChI=1S/C22H20F3N5O3.C2H6/c1-5-18-19-16(20(31)33-4)10-13(22(23,24)25)11-17(19)27-30(18)15-8-6-14(7-9-15)29-12(2)26-28(3)21(29)32;1-2/h6-11H,5H2,1-4H3;1-2H3. The molecule has 0 saturated heterocycles. The molecule has 2 heterocycles. The zero-order valence-electron chi connectivity index (χ0n) is 20.3. The minimum atomic E-state index is -4.65. The number of aryl methyl sites for hydroxylation is 3. The molecule has 0 atom stereocenters. The summed E-state index contributed by atoms with van der Waals surface area (Å²) in [7, 11) is 2.67. The lowest BCUT2D eigenvalue weighted by molar-refractivity contribution is -0.137. The molecule has 2 aromatic heterocycles. The molecular formula is C24H26F3N5O3. The summed E-state index contributed by atoms with van der Waals surface area (Å²) in [5.41, 5.74) is 0.252. The number of halogens is 3. The van der Waals surface area contributed by atoms with Crippen molar-refractivity contribution in [2.75, 3.05) is 7.11 Å². The highest BCUT2D eigenvalue weighted by atomic mass is 19.4. The summed E-state index contributed by atoms with van der Waals surface area (Å²) in [6, 6.07) is 8.49. The van der Waals surface area contributed by atoms with Crippen molar-refractivity contribution in [2.45, 2.75) is 40.3 Å². The van der Waals surface area contributed by atoms with Crippen LogP contribution in [-0.2, 0) is 24.4 Å². The first-order valence-electron chi connectivity index (χ1n) is 11.0. The van der Waals surface area contributed by atoms with E-state index >= 15 is 0 Å². The Bertz CT molecular complexity index is 1430. The molecule has 0 unspecified atom stereocenters. The van der Waals surface area contributed by atoms with Gasteiger partial charge in [0.05, 0.1) is 40.8 Å². The molecule has 0 fully saturated rings. The second-order valence-electron chi connectivity index (χ2n) is 7.42. The number of benzene rings is 2. The first kappa shape index (κ1) is 25.7. The summed E-state index contributed by atoms with van der Waals surface area (Å²) < 4.78 is 49.2. The molecule has 0 amide bonds.